The standard InChI is InChI=1S/C10H17N2O2/c13-10(11-4-2-1-3-5-11)12-6-8-14-9-7-12/h2H,1,3-9H2. The van der Waals surface area contributed by atoms with E-state index in [1.165, 1.54) is 0 Å². The SMILES string of the molecule is O=C(N1C[CH]CCC1)N1CCOCC1. The first-order valence-electron chi connectivity index (χ1n) is 5.31. The number of rotatable bonds is 0. The molecule has 2 saturated heterocycles. The molecular formula is C10H17N2O2. The third-order valence-electron chi connectivity index (χ3n) is 2.74. The maximum atomic E-state index is 11.9. The van der Waals surface area contributed by atoms with Crippen molar-refractivity contribution in [3.05, 3.63) is 6.42 Å². The zero-order valence-corrected chi connectivity index (χ0v) is 8.45. The van der Waals surface area contributed by atoms with E-state index in [2.05, 4.69) is 6.42 Å². The summed E-state index contributed by atoms with van der Waals surface area (Å²) in [4.78, 5) is 15.7. The van der Waals surface area contributed by atoms with Gasteiger partial charge in [-0.2, -0.15) is 0 Å². The summed E-state index contributed by atoms with van der Waals surface area (Å²) in [5.41, 5.74) is 0. The van der Waals surface area contributed by atoms with Crippen molar-refractivity contribution in [1.82, 2.24) is 9.80 Å². The van der Waals surface area contributed by atoms with Crippen molar-refractivity contribution >= 4 is 6.03 Å². The molecule has 0 N–H and O–H groups in total. The number of piperidine rings is 1. The van der Waals surface area contributed by atoms with Crippen molar-refractivity contribution in [2.24, 2.45) is 0 Å². The number of hydrogen-bond acceptors (Lipinski definition) is 2. The highest BCUT2D eigenvalue weighted by atomic mass is 16.5. The summed E-state index contributed by atoms with van der Waals surface area (Å²) in [5.74, 6) is 0. The van der Waals surface area contributed by atoms with Crippen molar-refractivity contribution in [2.45, 2.75) is 12.8 Å². The maximum absolute atomic E-state index is 11.9. The molecular weight excluding hydrogens is 180 g/mol. The summed E-state index contributed by atoms with van der Waals surface area (Å²) in [6.45, 7) is 4.58. The molecule has 2 heterocycles. The molecule has 14 heavy (non-hydrogen) atoms. The van der Waals surface area contributed by atoms with E-state index in [0.717, 1.165) is 39.0 Å². The van der Waals surface area contributed by atoms with Gasteiger partial charge in [-0.05, 0) is 19.3 Å². The van der Waals surface area contributed by atoms with E-state index < -0.39 is 0 Å². The molecule has 2 rings (SSSR count). The van der Waals surface area contributed by atoms with Crippen LogP contribution in [0.5, 0.6) is 0 Å². The Morgan fingerprint density at radius 2 is 1.93 bits per heavy atom. The van der Waals surface area contributed by atoms with Gasteiger partial charge < -0.3 is 14.5 Å². The molecule has 2 fully saturated rings. The van der Waals surface area contributed by atoms with E-state index in [1.807, 2.05) is 9.80 Å². The lowest BCUT2D eigenvalue weighted by Crippen LogP contribution is -2.49. The van der Waals surface area contributed by atoms with Gasteiger partial charge in [-0.15, -0.1) is 0 Å². The Bertz CT molecular complexity index is 176. The van der Waals surface area contributed by atoms with Crippen molar-refractivity contribution in [2.75, 3.05) is 39.4 Å². The summed E-state index contributed by atoms with van der Waals surface area (Å²) >= 11 is 0. The Morgan fingerprint density at radius 1 is 1.14 bits per heavy atom. The number of urea groups is 1. The van der Waals surface area contributed by atoms with Crippen LogP contribution in [0.25, 0.3) is 0 Å². The topological polar surface area (TPSA) is 32.8 Å². The summed E-state index contributed by atoms with van der Waals surface area (Å²) in [6.07, 6.45) is 4.44. The number of carbonyl (C=O) groups is 1. The number of hydrogen-bond donors (Lipinski definition) is 0. The number of morpholine rings is 1. The fourth-order valence-corrected chi connectivity index (χ4v) is 1.89. The molecule has 0 aromatic heterocycles. The quantitative estimate of drug-likeness (QED) is 0.573. The van der Waals surface area contributed by atoms with Gasteiger partial charge in [0.05, 0.1) is 13.2 Å². The molecule has 1 radical (unpaired) electrons. The fraction of sp³-hybridized carbons (Fsp3) is 0.800. The molecule has 0 spiro atoms. The number of carbonyl (C=O) groups excluding carboxylic acids is 1. The Kier molecular flexibility index (Phi) is 3.24. The monoisotopic (exact) mass is 197 g/mol. The van der Waals surface area contributed by atoms with Gasteiger partial charge in [0.15, 0.2) is 0 Å². The first-order chi connectivity index (χ1) is 6.88. The number of likely N-dealkylation sites (tertiary alicyclic amines) is 1. The molecule has 4 nitrogen and oxygen atoms in total. The minimum absolute atomic E-state index is 0.184. The van der Waals surface area contributed by atoms with Crippen LogP contribution in [0.2, 0.25) is 0 Å². The lowest BCUT2D eigenvalue weighted by molar-refractivity contribution is 0.0430. The average Bonchev–Trinajstić information content (AvgIpc) is 2.30. The van der Waals surface area contributed by atoms with Crippen LogP contribution >= 0.6 is 0 Å². The largest absolute Gasteiger partial charge is 0.378 e. The highest BCUT2D eigenvalue weighted by Gasteiger charge is 2.23. The van der Waals surface area contributed by atoms with Crippen LogP contribution in [0.4, 0.5) is 4.79 Å². The Hall–Kier alpha value is -0.770. The Balaban J connectivity index is 1.85. The lowest BCUT2D eigenvalue weighted by atomic mass is 10.1. The van der Waals surface area contributed by atoms with E-state index in [0.29, 0.717) is 13.2 Å². The van der Waals surface area contributed by atoms with Crippen molar-refractivity contribution in [3.8, 4) is 0 Å². The Labute approximate surface area is 84.8 Å². The first kappa shape index (κ1) is 9.77. The molecule has 79 valence electrons. The highest BCUT2D eigenvalue weighted by molar-refractivity contribution is 5.74. The fourth-order valence-electron chi connectivity index (χ4n) is 1.89. The van der Waals surface area contributed by atoms with Gasteiger partial charge in [0.25, 0.3) is 0 Å². The van der Waals surface area contributed by atoms with Gasteiger partial charge in [-0.1, -0.05) is 0 Å². The molecule has 2 aliphatic heterocycles. The molecule has 0 atom stereocenters. The second-order valence-electron chi connectivity index (χ2n) is 3.76. The van der Waals surface area contributed by atoms with Crippen LogP contribution in [0.3, 0.4) is 0 Å². The minimum atomic E-state index is 0.184. The summed E-state index contributed by atoms with van der Waals surface area (Å²) < 4.78 is 5.22. The van der Waals surface area contributed by atoms with Crippen LogP contribution in [0.15, 0.2) is 0 Å². The molecule has 0 unspecified atom stereocenters. The highest BCUT2D eigenvalue weighted by Crippen LogP contribution is 2.11. The molecule has 0 bridgehead atoms. The normalized spacial score (nSPS) is 23.7. The van der Waals surface area contributed by atoms with Crippen molar-refractivity contribution < 1.29 is 9.53 Å². The van der Waals surface area contributed by atoms with E-state index in [9.17, 15) is 4.79 Å². The molecule has 0 aliphatic carbocycles. The maximum Gasteiger partial charge on any atom is 0.320 e. The van der Waals surface area contributed by atoms with Crippen LogP contribution in [-0.2, 0) is 4.74 Å². The second-order valence-corrected chi connectivity index (χ2v) is 3.76. The third-order valence-corrected chi connectivity index (χ3v) is 2.74. The van der Waals surface area contributed by atoms with Crippen molar-refractivity contribution in [3.63, 3.8) is 0 Å². The zero-order valence-electron chi connectivity index (χ0n) is 8.45. The predicted molar refractivity (Wildman–Crippen MR) is 52.9 cm³/mol. The van der Waals surface area contributed by atoms with Crippen molar-refractivity contribution in [1.29, 1.82) is 0 Å². The van der Waals surface area contributed by atoms with E-state index in [-0.39, 0.29) is 6.03 Å². The number of ether oxygens (including phenoxy) is 1. The number of amides is 2. The molecule has 2 aliphatic rings. The zero-order chi connectivity index (χ0) is 9.80. The van der Waals surface area contributed by atoms with E-state index >= 15 is 0 Å². The van der Waals surface area contributed by atoms with Crippen LogP contribution in [-0.4, -0.2) is 55.2 Å². The molecule has 0 saturated carbocycles. The summed E-state index contributed by atoms with van der Waals surface area (Å²) in [7, 11) is 0. The smallest absolute Gasteiger partial charge is 0.320 e. The van der Waals surface area contributed by atoms with Crippen LogP contribution in [0.1, 0.15) is 12.8 Å². The van der Waals surface area contributed by atoms with Gasteiger partial charge in [-0.3, -0.25) is 0 Å². The number of nitrogens with zero attached hydrogens (tertiary/aromatic N) is 2. The summed E-state index contributed by atoms with van der Waals surface area (Å²) in [6, 6.07) is 0.184. The molecule has 4 heteroatoms. The van der Waals surface area contributed by atoms with E-state index in [1.54, 1.807) is 0 Å². The van der Waals surface area contributed by atoms with E-state index in [4.69, 9.17) is 4.74 Å². The molecule has 0 aromatic rings. The van der Waals surface area contributed by atoms with Gasteiger partial charge in [0.1, 0.15) is 0 Å². The summed E-state index contributed by atoms with van der Waals surface area (Å²) in [5, 5.41) is 0. The van der Waals surface area contributed by atoms with Crippen LogP contribution in [0, 0.1) is 6.42 Å². The van der Waals surface area contributed by atoms with Gasteiger partial charge >= 0.3 is 6.03 Å². The van der Waals surface area contributed by atoms with Gasteiger partial charge in [-0.25, -0.2) is 4.79 Å². The predicted octanol–water partition coefficient (Wildman–Crippen LogP) is 0.739. The molecule has 0 aromatic carbocycles. The third kappa shape index (κ3) is 2.18. The first-order valence-corrected chi connectivity index (χ1v) is 5.31. The average molecular weight is 197 g/mol. The Morgan fingerprint density at radius 3 is 2.57 bits per heavy atom. The van der Waals surface area contributed by atoms with Gasteiger partial charge in [0.2, 0.25) is 0 Å². The molecule has 2 amide bonds. The van der Waals surface area contributed by atoms with Crippen LogP contribution < -0.4 is 0 Å². The minimum Gasteiger partial charge on any atom is -0.378 e. The van der Waals surface area contributed by atoms with Gasteiger partial charge in [0, 0.05) is 26.2 Å². The second kappa shape index (κ2) is 4.64. The lowest BCUT2D eigenvalue weighted by Gasteiger charge is -2.34.